The molecular formula is C25H25F3N4O6. The fraction of sp³-hybridized carbons (Fsp3) is 0.280. The molecule has 3 rings (SSSR count). The van der Waals surface area contributed by atoms with Gasteiger partial charge in [0.2, 0.25) is 5.43 Å². The van der Waals surface area contributed by atoms with Gasteiger partial charge in [-0.25, -0.2) is 13.2 Å². The number of nitrogens with one attached hydrogen (secondary N) is 1. The summed E-state index contributed by atoms with van der Waals surface area (Å²) in [5.74, 6) is -7.18. The molecule has 0 unspecified atom stereocenters. The van der Waals surface area contributed by atoms with Gasteiger partial charge in [0.15, 0.2) is 11.4 Å². The van der Waals surface area contributed by atoms with Crippen molar-refractivity contribution < 1.29 is 37.4 Å². The van der Waals surface area contributed by atoms with Crippen LogP contribution in [0.3, 0.4) is 0 Å². The van der Waals surface area contributed by atoms with Gasteiger partial charge in [-0.15, -0.1) is 13.2 Å². The molecule has 10 nitrogen and oxygen atoms in total. The Kier molecular flexibility index (Phi) is 8.29. The SMILES string of the molecule is C=C[C@H](COC(C)=O)N1CN([C@@H](C)C=C)C(=O)c2c(O)c(=O)c(C(=O)NCc3c(F)cc(F)cc3F)cn21. The lowest BCUT2D eigenvalue weighted by molar-refractivity contribution is -0.141. The third-order valence-corrected chi connectivity index (χ3v) is 5.92. The van der Waals surface area contributed by atoms with Crippen LogP contribution in [0.25, 0.3) is 0 Å². The average Bonchev–Trinajstić information content (AvgIpc) is 2.85. The van der Waals surface area contributed by atoms with E-state index in [0.29, 0.717) is 12.1 Å². The highest BCUT2D eigenvalue weighted by molar-refractivity contribution is 5.99. The predicted octanol–water partition coefficient (Wildman–Crippen LogP) is 1.94. The van der Waals surface area contributed by atoms with Gasteiger partial charge in [0.05, 0.1) is 6.04 Å². The summed E-state index contributed by atoms with van der Waals surface area (Å²) >= 11 is 0. The van der Waals surface area contributed by atoms with Crippen molar-refractivity contribution >= 4 is 17.8 Å². The summed E-state index contributed by atoms with van der Waals surface area (Å²) in [5, 5.41) is 14.3. The molecule has 0 saturated carbocycles. The van der Waals surface area contributed by atoms with Crippen molar-refractivity contribution in [1.82, 2.24) is 14.9 Å². The molecule has 2 N–H and O–H groups in total. The van der Waals surface area contributed by atoms with Gasteiger partial charge in [0.1, 0.15) is 36.3 Å². The minimum Gasteiger partial charge on any atom is -0.502 e. The average molecular weight is 534 g/mol. The maximum atomic E-state index is 14.0. The summed E-state index contributed by atoms with van der Waals surface area (Å²) in [6.45, 7) is 9.10. The number of pyridine rings is 1. The molecule has 2 amide bonds. The van der Waals surface area contributed by atoms with E-state index in [1.54, 1.807) is 6.92 Å². The van der Waals surface area contributed by atoms with E-state index in [-0.39, 0.29) is 13.3 Å². The van der Waals surface area contributed by atoms with Crippen LogP contribution in [0.2, 0.25) is 0 Å². The maximum absolute atomic E-state index is 14.0. The van der Waals surface area contributed by atoms with Gasteiger partial charge < -0.3 is 20.1 Å². The lowest BCUT2D eigenvalue weighted by Crippen LogP contribution is -2.60. The number of nitrogens with zero attached hydrogens (tertiary/aromatic N) is 3. The van der Waals surface area contributed by atoms with Crippen molar-refractivity contribution in [3.8, 4) is 5.75 Å². The quantitative estimate of drug-likeness (QED) is 0.373. The predicted molar refractivity (Wildman–Crippen MR) is 129 cm³/mol. The van der Waals surface area contributed by atoms with E-state index in [0.717, 1.165) is 10.9 Å². The number of esters is 1. The highest BCUT2D eigenvalue weighted by Gasteiger charge is 2.38. The number of aromatic hydroxyl groups is 1. The summed E-state index contributed by atoms with van der Waals surface area (Å²) < 4.78 is 47.3. The Morgan fingerprint density at radius 3 is 2.37 bits per heavy atom. The molecule has 2 heterocycles. The van der Waals surface area contributed by atoms with Crippen LogP contribution in [0.1, 0.15) is 40.3 Å². The molecule has 2 aromatic rings. The summed E-state index contributed by atoms with van der Waals surface area (Å²) in [5.41, 5.74) is -3.00. The number of aromatic nitrogens is 1. The topological polar surface area (TPSA) is 121 Å². The first-order chi connectivity index (χ1) is 17.9. The third-order valence-electron chi connectivity index (χ3n) is 5.92. The summed E-state index contributed by atoms with van der Waals surface area (Å²) in [4.78, 5) is 51.7. The molecule has 0 fully saturated rings. The Bertz CT molecular complexity index is 1350. The number of hydrogen-bond donors (Lipinski definition) is 2. The lowest BCUT2D eigenvalue weighted by Gasteiger charge is -2.44. The van der Waals surface area contributed by atoms with E-state index < -0.39 is 81.9 Å². The molecule has 0 radical (unpaired) electrons. The zero-order valence-corrected chi connectivity index (χ0v) is 20.5. The minimum atomic E-state index is -1.25. The Morgan fingerprint density at radius 2 is 1.82 bits per heavy atom. The number of benzene rings is 1. The number of ether oxygens (including phenoxy) is 1. The fourth-order valence-corrected chi connectivity index (χ4v) is 3.77. The Balaban J connectivity index is 2.07. The van der Waals surface area contributed by atoms with E-state index in [1.165, 1.54) is 29.0 Å². The molecule has 13 heteroatoms. The molecule has 0 aliphatic carbocycles. The monoisotopic (exact) mass is 534 g/mol. The molecule has 1 aromatic carbocycles. The number of carbonyl (C=O) groups excluding carboxylic acids is 3. The zero-order chi connectivity index (χ0) is 28.3. The van der Waals surface area contributed by atoms with Crippen LogP contribution in [-0.2, 0) is 16.1 Å². The lowest BCUT2D eigenvalue weighted by atomic mass is 10.1. The van der Waals surface area contributed by atoms with Gasteiger partial charge in [-0.05, 0) is 6.92 Å². The standard InChI is InChI=1S/C25H25F3N4O6/c1-5-13(3)30-12-32(16(6-2)11-38-14(4)33)31-10-18(22(34)23(35)21(31)25(30)37)24(36)29-9-17-19(27)7-15(26)8-20(17)28/h5-8,10,13,16,35H,1-2,9,11-12H2,3-4H3,(H,29,36)/t13-,16+/m0/s1. The number of carbonyl (C=O) groups is 3. The molecule has 202 valence electrons. The number of rotatable bonds is 9. The fourth-order valence-electron chi connectivity index (χ4n) is 3.77. The van der Waals surface area contributed by atoms with Gasteiger partial charge in [0.25, 0.3) is 11.8 Å². The minimum absolute atomic E-state index is 0.146. The van der Waals surface area contributed by atoms with Crippen molar-refractivity contribution in [3.05, 3.63) is 88.1 Å². The highest BCUT2D eigenvalue weighted by Crippen LogP contribution is 2.25. The Labute approximate surface area is 215 Å². The van der Waals surface area contributed by atoms with Crippen molar-refractivity contribution in [2.45, 2.75) is 32.5 Å². The van der Waals surface area contributed by atoms with Crippen LogP contribution in [-0.4, -0.2) is 57.8 Å². The van der Waals surface area contributed by atoms with Crippen LogP contribution in [0.15, 0.2) is 48.4 Å². The van der Waals surface area contributed by atoms with Crippen LogP contribution in [0, 0.1) is 17.5 Å². The van der Waals surface area contributed by atoms with Crippen molar-refractivity contribution in [3.63, 3.8) is 0 Å². The largest absolute Gasteiger partial charge is 0.502 e. The smallest absolute Gasteiger partial charge is 0.302 e. The third kappa shape index (κ3) is 5.41. The van der Waals surface area contributed by atoms with Crippen molar-refractivity contribution in [1.29, 1.82) is 0 Å². The number of amides is 2. The van der Waals surface area contributed by atoms with E-state index in [2.05, 4.69) is 18.5 Å². The molecular weight excluding hydrogens is 509 g/mol. The van der Waals surface area contributed by atoms with Crippen molar-refractivity contribution in [2.75, 3.05) is 18.3 Å². The van der Waals surface area contributed by atoms with Gasteiger partial charge in [0, 0.05) is 43.4 Å². The van der Waals surface area contributed by atoms with Crippen LogP contribution < -0.4 is 15.8 Å². The molecule has 38 heavy (non-hydrogen) atoms. The molecule has 1 aromatic heterocycles. The normalized spacial score (nSPS) is 14.4. The molecule has 1 aliphatic heterocycles. The van der Waals surface area contributed by atoms with Gasteiger partial charge in [-0.3, -0.25) is 28.9 Å². The maximum Gasteiger partial charge on any atom is 0.302 e. The summed E-state index contributed by atoms with van der Waals surface area (Å²) in [6.07, 6.45) is 3.84. The van der Waals surface area contributed by atoms with Crippen LogP contribution in [0.5, 0.6) is 5.75 Å². The van der Waals surface area contributed by atoms with E-state index in [9.17, 15) is 37.5 Å². The van der Waals surface area contributed by atoms with E-state index in [4.69, 9.17) is 4.74 Å². The second-order valence-electron chi connectivity index (χ2n) is 8.38. The van der Waals surface area contributed by atoms with E-state index >= 15 is 0 Å². The first kappa shape index (κ1) is 28.0. The molecule has 2 atom stereocenters. The Morgan fingerprint density at radius 1 is 1.18 bits per heavy atom. The van der Waals surface area contributed by atoms with E-state index in [1.807, 2.05) is 0 Å². The van der Waals surface area contributed by atoms with Gasteiger partial charge >= 0.3 is 5.97 Å². The van der Waals surface area contributed by atoms with Crippen LogP contribution in [0.4, 0.5) is 13.2 Å². The number of hydrogen-bond acceptors (Lipinski definition) is 7. The highest BCUT2D eigenvalue weighted by atomic mass is 19.1. The first-order valence-corrected chi connectivity index (χ1v) is 11.3. The first-order valence-electron chi connectivity index (χ1n) is 11.3. The second-order valence-corrected chi connectivity index (χ2v) is 8.38. The molecule has 1 aliphatic rings. The van der Waals surface area contributed by atoms with Crippen LogP contribution >= 0.6 is 0 Å². The molecule has 0 bridgehead atoms. The van der Waals surface area contributed by atoms with Crippen molar-refractivity contribution in [2.24, 2.45) is 0 Å². The molecule has 0 saturated heterocycles. The number of fused-ring (bicyclic) bond motifs is 1. The van der Waals surface area contributed by atoms with Gasteiger partial charge in [-0.2, -0.15) is 0 Å². The second kappa shape index (κ2) is 11.2. The Hall–Kier alpha value is -4.55. The summed E-state index contributed by atoms with van der Waals surface area (Å²) in [7, 11) is 0. The zero-order valence-electron chi connectivity index (χ0n) is 20.5. The van der Waals surface area contributed by atoms with Gasteiger partial charge in [-0.1, -0.05) is 12.2 Å². The number of halogens is 3. The summed E-state index contributed by atoms with van der Waals surface area (Å²) in [6, 6.07) is -0.467. The molecule has 0 spiro atoms.